The molecule has 1 rings (SSSR count). The lowest BCUT2D eigenvalue weighted by Crippen LogP contribution is -2.29. The van der Waals surface area contributed by atoms with Crippen molar-refractivity contribution in [1.29, 1.82) is 0 Å². The zero-order valence-corrected chi connectivity index (χ0v) is 12.0. The van der Waals surface area contributed by atoms with Crippen molar-refractivity contribution in [2.24, 2.45) is 0 Å². The Labute approximate surface area is 108 Å². The van der Waals surface area contributed by atoms with E-state index in [4.69, 9.17) is 0 Å². The lowest BCUT2D eigenvalue weighted by molar-refractivity contribution is 0.465. The second-order valence-electron chi connectivity index (χ2n) is 3.98. The van der Waals surface area contributed by atoms with E-state index in [1.807, 2.05) is 23.1 Å². The Morgan fingerprint density at radius 3 is 2.94 bits per heavy atom. The van der Waals surface area contributed by atoms with Crippen LogP contribution in [0.1, 0.15) is 39.5 Å². The van der Waals surface area contributed by atoms with Crippen LogP contribution in [0.3, 0.4) is 0 Å². The maximum Gasteiger partial charge on any atom is 0.0598 e. The first kappa shape index (κ1) is 14.1. The third-order valence-corrected chi connectivity index (χ3v) is 4.83. The van der Waals surface area contributed by atoms with E-state index >= 15 is 0 Å². The molecule has 0 aliphatic heterocycles. The average molecular weight is 257 g/mol. The van der Waals surface area contributed by atoms with Crippen LogP contribution in [0.15, 0.2) is 21.7 Å². The van der Waals surface area contributed by atoms with Crippen LogP contribution in [-0.4, -0.2) is 18.3 Å². The van der Waals surface area contributed by atoms with Gasteiger partial charge in [-0.25, -0.2) is 0 Å². The average Bonchev–Trinajstić information content (AvgIpc) is 2.81. The molecule has 0 amide bonds. The van der Waals surface area contributed by atoms with Gasteiger partial charge in [-0.05, 0) is 49.4 Å². The number of nitrogens with one attached hydrogen (secondary N) is 1. The Kier molecular flexibility index (Phi) is 7.99. The molecule has 3 heteroatoms. The molecule has 0 aromatic carbocycles. The van der Waals surface area contributed by atoms with Gasteiger partial charge >= 0.3 is 0 Å². The molecule has 0 radical (unpaired) electrons. The van der Waals surface area contributed by atoms with Gasteiger partial charge in [0.2, 0.25) is 0 Å². The highest BCUT2D eigenvalue weighted by Crippen LogP contribution is 2.24. The van der Waals surface area contributed by atoms with Crippen LogP contribution < -0.4 is 5.32 Å². The molecule has 16 heavy (non-hydrogen) atoms. The predicted molar refractivity (Wildman–Crippen MR) is 76.6 cm³/mol. The maximum absolute atomic E-state index is 3.61. The minimum atomic E-state index is 0.726. The molecule has 1 aromatic rings. The molecule has 1 unspecified atom stereocenters. The zero-order valence-electron chi connectivity index (χ0n) is 10.4. The Balaban J connectivity index is 2.04. The van der Waals surface area contributed by atoms with E-state index in [2.05, 4.69) is 36.7 Å². The predicted octanol–water partition coefficient (Wildman–Crippen LogP) is 4.40. The molecule has 0 saturated carbocycles. The zero-order chi connectivity index (χ0) is 11.6. The smallest absolute Gasteiger partial charge is 0.0598 e. The molecule has 0 fully saturated rings. The third kappa shape index (κ3) is 5.92. The van der Waals surface area contributed by atoms with Crippen LogP contribution >= 0.6 is 23.1 Å². The summed E-state index contributed by atoms with van der Waals surface area (Å²) in [6, 6.07) is 5.07. The summed E-state index contributed by atoms with van der Waals surface area (Å²) in [5.74, 6) is 1.25. The van der Waals surface area contributed by atoms with E-state index in [-0.39, 0.29) is 0 Å². The summed E-state index contributed by atoms with van der Waals surface area (Å²) in [6.45, 7) is 5.67. The Morgan fingerprint density at radius 1 is 1.44 bits per heavy atom. The molecule has 0 saturated heterocycles. The molecule has 1 N–H and O–H groups in total. The molecular weight excluding hydrogens is 234 g/mol. The van der Waals surface area contributed by atoms with E-state index < -0.39 is 0 Å². The molecule has 1 heterocycles. The van der Waals surface area contributed by atoms with Gasteiger partial charge in [0.05, 0.1) is 4.21 Å². The van der Waals surface area contributed by atoms with Crippen molar-refractivity contribution in [3.8, 4) is 0 Å². The van der Waals surface area contributed by atoms with Crippen molar-refractivity contribution < 1.29 is 0 Å². The monoisotopic (exact) mass is 257 g/mol. The standard InChI is InChI=1S/C13H23NS2/c1-3-9-14-12(4-2)7-5-10-15-13-8-6-11-16-13/h6,8,11-12,14H,3-5,7,9-10H2,1-2H3. The summed E-state index contributed by atoms with van der Waals surface area (Å²) in [6.07, 6.45) is 5.12. The van der Waals surface area contributed by atoms with Crippen LogP contribution in [0.5, 0.6) is 0 Å². The largest absolute Gasteiger partial charge is 0.314 e. The van der Waals surface area contributed by atoms with Gasteiger partial charge in [0.1, 0.15) is 0 Å². The molecular formula is C13H23NS2. The second-order valence-corrected chi connectivity index (χ2v) is 6.32. The van der Waals surface area contributed by atoms with Gasteiger partial charge in [-0.2, -0.15) is 0 Å². The van der Waals surface area contributed by atoms with E-state index in [0.29, 0.717) is 0 Å². The van der Waals surface area contributed by atoms with Crippen LogP contribution in [0, 0.1) is 0 Å². The molecule has 0 spiro atoms. The molecule has 1 aromatic heterocycles. The lowest BCUT2D eigenvalue weighted by atomic mass is 10.1. The summed E-state index contributed by atoms with van der Waals surface area (Å²) < 4.78 is 1.45. The number of thioether (sulfide) groups is 1. The first-order chi connectivity index (χ1) is 7.86. The second kappa shape index (κ2) is 9.08. The highest BCUT2D eigenvalue weighted by molar-refractivity contribution is 8.01. The topological polar surface area (TPSA) is 12.0 Å². The van der Waals surface area contributed by atoms with Gasteiger partial charge in [-0.1, -0.05) is 19.9 Å². The Morgan fingerprint density at radius 2 is 2.31 bits per heavy atom. The van der Waals surface area contributed by atoms with Crippen LogP contribution in [0.2, 0.25) is 0 Å². The minimum Gasteiger partial charge on any atom is -0.314 e. The van der Waals surface area contributed by atoms with E-state index in [0.717, 1.165) is 12.6 Å². The van der Waals surface area contributed by atoms with Gasteiger partial charge in [0.25, 0.3) is 0 Å². The first-order valence-corrected chi connectivity index (χ1v) is 8.13. The number of rotatable bonds is 9. The third-order valence-electron chi connectivity index (χ3n) is 2.61. The molecule has 1 atom stereocenters. The maximum atomic E-state index is 3.61. The van der Waals surface area contributed by atoms with E-state index in [1.165, 1.54) is 35.6 Å². The first-order valence-electron chi connectivity index (χ1n) is 6.26. The number of hydrogen-bond acceptors (Lipinski definition) is 3. The van der Waals surface area contributed by atoms with Crippen molar-refractivity contribution >= 4 is 23.1 Å². The number of thiophene rings is 1. The van der Waals surface area contributed by atoms with Crippen molar-refractivity contribution in [3.05, 3.63) is 17.5 Å². The van der Waals surface area contributed by atoms with E-state index in [9.17, 15) is 0 Å². The Bertz CT molecular complexity index is 246. The Hall–Kier alpha value is 0.01000. The van der Waals surface area contributed by atoms with Crippen molar-refractivity contribution in [1.82, 2.24) is 5.32 Å². The van der Waals surface area contributed by atoms with Crippen molar-refractivity contribution in [2.45, 2.75) is 49.8 Å². The highest BCUT2D eigenvalue weighted by Gasteiger charge is 2.04. The van der Waals surface area contributed by atoms with Crippen LogP contribution in [0.25, 0.3) is 0 Å². The molecule has 0 bridgehead atoms. The van der Waals surface area contributed by atoms with Crippen LogP contribution in [0.4, 0.5) is 0 Å². The summed E-state index contributed by atoms with van der Waals surface area (Å²) in [4.78, 5) is 0. The number of hydrogen-bond donors (Lipinski definition) is 1. The molecule has 92 valence electrons. The van der Waals surface area contributed by atoms with Gasteiger partial charge < -0.3 is 5.32 Å². The SMILES string of the molecule is CCCNC(CC)CCCSc1cccs1. The summed E-state index contributed by atoms with van der Waals surface area (Å²) in [5.41, 5.74) is 0. The normalized spacial score (nSPS) is 12.9. The quantitative estimate of drug-likeness (QED) is 0.520. The molecule has 0 aliphatic carbocycles. The van der Waals surface area contributed by atoms with Crippen molar-refractivity contribution in [2.75, 3.05) is 12.3 Å². The lowest BCUT2D eigenvalue weighted by Gasteiger charge is -2.15. The van der Waals surface area contributed by atoms with Gasteiger partial charge in [0, 0.05) is 6.04 Å². The fraction of sp³-hybridized carbons (Fsp3) is 0.692. The fourth-order valence-electron chi connectivity index (χ4n) is 1.65. The van der Waals surface area contributed by atoms with Crippen molar-refractivity contribution in [3.63, 3.8) is 0 Å². The fourth-order valence-corrected chi connectivity index (χ4v) is 3.47. The molecule has 1 nitrogen and oxygen atoms in total. The molecule has 0 aliphatic rings. The minimum absolute atomic E-state index is 0.726. The summed E-state index contributed by atoms with van der Waals surface area (Å²) in [7, 11) is 0. The van der Waals surface area contributed by atoms with Crippen LogP contribution in [-0.2, 0) is 0 Å². The highest BCUT2D eigenvalue weighted by atomic mass is 32.2. The van der Waals surface area contributed by atoms with Gasteiger partial charge in [0.15, 0.2) is 0 Å². The summed E-state index contributed by atoms with van der Waals surface area (Å²) >= 11 is 3.84. The van der Waals surface area contributed by atoms with E-state index in [1.54, 1.807) is 0 Å². The van der Waals surface area contributed by atoms with Gasteiger partial charge in [-0.15, -0.1) is 23.1 Å². The summed E-state index contributed by atoms with van der Waals surface area (Å²) in [5, 5.41) is 5.76. The van der Waals surface area contributed by atoms with Gasteiger partial charge in [-0.3, -0.25) is 0 Å².